The van der Waals surface area contributed by atoms with Crippen LogP contribution in [-0.2, 0) is 0 Å². The van der Waals surface area contributed by atoms with E-state index in [0.717, 1.165) is 6.42 Å². The minimum atomic E-state index is 1.09. The van der Waals surface area contributed by atoms with Crippen molar-refractivity contribution >= 4 is 6.21 Å². The molecule has 0 aromatic carbocycles. The van der Waals surface area contributed by atoms with Gasteiger partial charge >= 0.3 is 0 Å². The first-order valence-corrected chi connectivity index (χ1v) is 4.67. The molecule has 74 valence electrons. The summed E-state index contributed by atoms with van der Waals surface area (Å²) in [5, 5.41) is 3.18. The predicted octanol–water partition coefficient (Wildman–Crippen LogP) is 1.79. The van der Waals surface area contributed by atoms with Gasteiger partial charge in [-0.1, -0.05) is 12.5 Å². The van der Waals surface area contributed by atoms with Crippen LogP contribution in [0.25, 0.3) is 0 Å². The van der Waals surface area contributed by atoms with Crippen LogP contribution in [-0.4, -0.2) is 31.9 Å². The monoisotopic (exact) mass is 181 g/mol. The molecule has 0 saturated carbocycles. The van der Waals surface area contributed by atoms with Gasteiger partial charge in [-0.2, -0.15) is 0 Å². The molecule has 0 aromatic rings. The quantitative estimate of drug-likeness (QED) is 0.397. The summed E-state index contributed by atoms with van der Waals surface area (Å²) in [7, 11) is 5.98. The fourth-order valence-corrected chi connectivity index (χ4v) is 0.941. The Morgan fingerprint density at radius 2 is 2.00 bits per heavy atom. The molecule has 0 aliphatic rings. The summed E-state index contributed by atoms with van der Waals surface area (Å²) < 4.78 is 2.02. The number of allylic oxidation sites excluding steroid dienone is 3. The Hall–Kier alpha value is -1.05. The second-order valence-corrected chi connectivity index (χ2v) is 3.27. The van der Waals surface area contributed by atoms with E-state index in [1.807, 2.05) is 38.0 Å². The van der Waals surface area contributed by atoms with Crippen molar-refractivity contribution in [1.29, 1.82) is 0 Å². The van der Waals surface area contributed by atoms with Crippen molar-refractivity contribution in [2.24, 2.45) is 0 Å². The SMILES string of the molecule is CCC(C)=C(C=CC=[N+](C)C)NC. The van der Waals surface area contributed by atoms with Gasteiger partial charge in [-0.25, -0.2) is 4.58 Å². The van der Waals surface area contributed by atoms with Crippen molar-refractivity contribution in [2.75, 3.05) is 21.1 Å². The predicted molar refractivity (Wildman–Crippen MR) is 59.4 cm³/mol. The molecule has 0 radical (unpaired) electrons. The van der Waals surface area contributed by atoms with E-state index in [2.05, 4.69) is 25.2 Å². The van der Waals surface area contributed by atoms with Crippen LogP contribution in [0.4, 0.5) is 0 Å². The summed E-state index contributed by atoms with van der Waals surface area (Å²) in [6, 6.07) is 0. The Morgan fingerprint density at radius 1 is 1.38 bits per heavy atom. The Labute approximate surface area is 81.7 Å². The third kappa shape index (κ3) is 5.23. The number of hydrogen-bond donors (Lipinski definition) is 1. The largest absolute Gasteiger partial charge is 0.388 e. The van der Waals surface area contributed by atoms with E-state index in [-0.39, 0.29) is 0 Å². The van der Waals surface area contributed by atoms with Gasteiger partial charge in [-0.15, -0.1) is 0 Å². The highest BCUT2D eigenvalue weighted by molar-refractivity contribution is 5.67. The van der Waals surface area contributed by atoms with Crippen LogP contribution in [0.1, 0.15) is 20.3 Å². The van der Waals surface area contributed by atoms with Crippen LogP contribution in [0.3, 0.4) is 0 Å². The van der Waals surface area contributed by atoms with Crippen LogP contribution in [0.15, 0.2) is 23.4 Å². The van der Waals surface area contributed by atoms with Crippen molar-refractivity contribution in [1.82, 2.24) is 5.32 Å². The highest BCUT2D eigenvalue weighted by Crippen LogP contribution is 2.05. The zero-order valence-electron chi connectivity index (χ0n) is 9.39. The van der Waals surface area contributed by atoms with E-state index >= 15 is 0 Å². The summed E-state index contributed by atoms with van der Waals surface area (Å²) in [5.41, 5.74) is 2.59. The van der Waals surface area contributed by atoms with Crippen LogP contribution < -0.4 is 5.32 Å². The highest BCUT2D eigenvalue weighted by atomic mass is 14.9. The van der Waals surface area contributed by atoms with Crippen molar-refractivity contribution in [3.05, 3.63) is 23.4 Å². The standard InChI is InChI=1S/C11H21N2/c1-6-10(2)11(12-3)8-7-9-13(4)5/h7-9,12H,6H2,1-5H3/q+1. The Bertz CT molecular complexity index is 230. The molecule has 0 atom stereocenters. The first-order valence-electron chi connectivity index (χ1n) is 4.67. The molecule has 2 heteroatoms. The van der Waals surface area contributed by atoms with E-state index in [0.29, 0.717) is 0 Å². The van der Waals surface area contributed by atoms with Gasteiger partial charge in [-0.05, 0) is 19.4 Å². The number of hydrogen-bond acceptors (Lipinski definition) is 1. The fraction of sp³-hybridized carbons (Fsp3) is 0.545. The Kier molecular flexibility index (Phi) is 5.94. The lowest BCUT2D eigenvalue weighted by Gasteiger charge is -2.04. The molecule has 0 spiro atoms. The molecular weight excluding hydrogens is 160 g/mol. The lowest BCUT2D eigenvalue weighted by Crippen LogP contribution is -2.06. The van der Waals surface area contributed by atoms with E-state index in [9.17, 15) is 0 Å². The number of nitrogens with one attached hydrogen (secondary N) is 1. The summed E-state index contributed by atoms with van der Waals surface area (Å²) in [4.78, 5) is 0. The minimum Gasteiger partial charge on any atom is -0.388 e. The molecule has 0 aliphatic heterocycles. The summed E-state index contributed by atoms with van der Waals surface area (Å²) >= 11 is 0. The summed E-state index contributed by atoms with van der Waals surface area (Å²) in [6.07, 6.45) is 7.26. The minimum absolute atomic E-state index is 1.09. The van der Waals surface area contributed by atoms with Gasteiger partial charge in [0.15, 0.2) is 6.21 Å². The molecule has 13 heavy (non-hydrogen) atoms. The zero-order chi connectivity index (χ0) is 10.3. The number of likely N-dealkylation sites (N-methyl/N-ethyl adjacent to an activating group) is 1. The maximum absolute atomic E-state index is 3.18. The molecule has 0 unspecified atom stereocenters. The topological polar surface area (TPSA) is 15.0 Å². The summed E-state index contributed by atoms with van der Waals surface area (Å²) in [5.74, 6) is 0. The molecule has 0 fully saturated rings. The number of rotatable bonds is 4. The normalized spacial score (nSPS) is 12.7. The molecule has 1 N–H and O–H groups in total. The maximum atomic E-state index is 3.18. The van der Waals surface area contributed by atoms with Crippen LogP contribution in [0.5, 0.6) is 0 Å². The smallest absolute Gasteiger partial charge is 0.162 e. The van der Waals surface area contributed by atoms with Gasteiger partial charge in [0.05, 0.1) is 0 Å². The van der Waals surface area contributed by atoms with Gasteiger partial charge in [0, 0.05) is 18.8 Å². The molecule has 0 rings (SSSR count). The lowest BCUT2D eigenvalue weighted by atomic mass is 10.2. The highest BCUT2D eigenvalue weighted by Gasteiger charge is 1.92. The Morgan fingerprint density at radius 3 is 2.38 bits per heavy atom. The first kappa shape index (κ1) is 11.9. The third-order valence-electron chi connectivity index (χ3n) is 1.91. The molecule has 0 aromatic heterocycles. The van der Waals surface area contributed by atoms with Crippen molar-refractivity contribution in [3.63, 3.8) is 0 Å². The van der Waals surface area contributed by atoms with Crippen LogP contribution >= 0.6 is 0 Å². The second kappa shape index (κ2) is 6.46. The second-order valence-electron chi connectivity index (χ2n) is 3.27. The Balaban J connectivity index is 4.47. The lowest BCUT2D eigenvalue weighted by molar-refractivity contribution is -0.458. The molecule has 0 amide bonds. The average molecular weight is 181 g/mol. The van der Waals surface area contributed by atoms with Gasteiger partial charge in [-0.3, -0.25) is 0 Å². The van der Waals surface area contributed by atoms with Gasteiger partial charge < -0.3 is 5.32 Å². The zero-order valence-corrected chi connectivity index (χ0v) is 9.39. The van der Waals surface area contributed by atoms with E-state index in [1.165, 1.54) is 11.3 Å². The maximum Gasteiger partial charge on any atom is 0.162 e. The first-order chi connectivity index (χ1) is 6.11. The number of nitrogens with zero attached hydrogens (tertiary/aromatic N) is 1. The summed E-state index contributed by atoms with van der Waals surface area (Å²) in [6.45, 7) is 4.31. The molecule has 0 bridgehead atoms. The molecule has 0 saturated heterocycles. The molecule has 0 heterocycles. The van der Waals surface area contributed by atoms with E-state index in [1.54, 1.807) is 0 Å². The van der Waals surface area contributed by atoms with Crippen molar-refractivity contribution in [3.8, 4) is 0 Å². The average Bonchev–Trinajstić information content (AvgIpc) is 2.11. The van der Waals surface area contributed by atoms with Crippen molar-refractivity contribution < 1.29 is 4.58 Å². The van der Waals surface area contributed by atoms with Crippen molar-refractivity contribution in [2.45, 2.75) is 20.3 Å². The van der Waals surface area contributed by atoms with Gasteiger partial charge in [0.2, 0.25) is 0 Å². The van der Waals surface area contributed by atoms with E-state index in [4.69, 9.17) is 0 Å². The molecule has 2 nitrogen and oxygen atoms in total. The molecular formula is C11H21N2+. The van der Waals surface area contributed by atoms with Gasteiger partial charge in [0.25, 0.3) is 0 Å². The third-order valence-corrected chi connectivity index (χ3v) is 1.91. The van der Waals surface area contributed by atoms with E-state index < -0.39 is 0 Å². The fourth-order valence-electron chi connectivity index (χ4n) is 0.941. The van der Waals surface area contributed by atoms with Gasteiger partial charge in [0.1, 0.15) is 14.1 Å². The van der Waals surface area contributed by atoms with Crippen LogP contribution in [0.2, 0.25) is 0 Å². The van der Waals surface area contributed by atoms with Crippen LogP contribution in [0, 0.1) is 0 Å². The molecule has 0 aliphatic carbocycles.